The maximum atomic E-state index is 13.6. The van der Waals surface area contributed by atoms with Crippen molar-refractivity contribution in [2.45, 2.75) is 17.9 Å². The monoisotopic (exact) mass is 395 g/mol. The number of sulfonamides is 1. The predicted molar refractivity (Wildman–Crippen MR) is 85.3 cm³/mol. The minimum Gasteiger partial charge on any atom is -0.476 e. The van der Waals surface area contributed by atoms with Gasteiger partial charge in [0.25, 0.3) is 0 Å². The fraction of sp³-hybridized carbons (Fsp3) is 0.231. The fourth-order valence-corrected chi connectivity index (χ4v) is 4.22. The van der Waals surface area contributed by atoms with Crippen LogP contribution in [-0.4, -0.2) is 29.3 Å². The van der Waals surface area contributed by atoms with Crippen LogP contribution in [0.2, 0.25) is 10.0 Å². The van der Waals surface area contributed by atoms with E-state index < -0.39 is 38.4 Å². The van der Waals surface area contributed by atoms with Gasteiger partial charge in [-0.05, 0) is 19.1 Å². The molecular weight excluding hydrogens is 384 g/mol. The van der Waals surface area contributed by atoms with Crippen molar-refractivity contribution in [1.82, 2.24) is 14.5 Å². The van der Waals surface area contributed by atoms with Gasteiger partial charge in [-0.15, -0.1) is 0 Å². The molecule has 7 nitrogen and oxygen atoms in total. The lowest BCUT2D eigenvalue weighted by Crippen LogP contribution is -2.28. The van der Waals surface area contributed by atoms with Crippen LogP contribution in [0.5, 0.6) is 0 Å². The lowest BCUT2D eigenvalue weighted by atomic mass is 10.1. The van der Waals surface area contributed by atoms with Crippen molar-refractivity contribution in [2.24, 2.45) is 7.05 Å². The van der Waals surface area contributed by atoms with E-state index in [-0.39, 0.29) is 15.6 Å². The second-order valence-corrected chi connectivity index (χ2v) is 7.35. The summed E-state index contributed by atoms with van der Waals surface area (Å²) in [6, 6.07) is 1.29. The molecule has 0 saturated heterocycles. The highest BCUT2D eigenvalue weighted by molar-refractivity contribution is 7.89. The van der Waals surface area contributed by atoms with Gasteiger partial charge in [0.1, 0.15) is 10.7 Å². The lowest BCUT2D eigenvalue weighted by Gasteiger charge is -2.17. The van der Waals surface area contributed by atoms with Crippen LogP contribution in [0.1, 0.15) is 29.0 Å². The van der Waals surface area contributed by atoms with Gasteiger partial charge in [-0.3, -0.25) is 4.68 Å². The van der Waals surface area contributed by atoms with Crippen molar-refractivity contribution in [1.29, 1.82) is 0 Å². The van der Waals surface area contributed by atoms with Gasteiger partial charge >= 0.3 is 5.97 Å². The molecule has 0 saturated carbocycles. The summed E-state index contributed by atoms with van der Waals surface area (Å²) in [5, 5.41) is 12.5. The predicted octanol–water partition coefficient (Wildman–Crippen LogP) is 2.60. The second-order valence-electron chi connectivity index (χ2n) is 4.89. The first-order valence-electron chi connectivity index (χ1n) is 6.47. The number of hydrogen-bond acceptors (Lipinski definition) is 4. The SMILES string of the molecule is CC(NS(=O)(=O)c1cnn(C)c1C(=O)O)c1c(Cl)ccc(F)c1Cl. The Balaban J connectivity index is 2.44. The van der Waals surface area contributed by atoms with Gasteiger partial charge < -0.3 is 5.11 Å². The molecule has 0 spiro atoms. The zero-order valence-electron chi connectivity index (χ0n) is 12.4. The molecule has 11 heteroatoms. The van der Waals surface area contributed by atoms with Gasteiger partial charge in [0, 0.05) is 23.7 Å². The Morgan fingerprint density at radius 1 is 1.42 bits per heavy atom. The minimum absolute atomic E-state index is 0.0441. The number of aromatic nitrogens is 2. The molecular formula is C13H12Cl2FN3O4S. The third-order valence-electron chi connectivity index (χ3n) is 3.24. The number of nitrogens with one attached hydrogen (secondary N) is 1. The van der Waals surface area contributed by atoms with Gasteiger partial charge in [0.15, 0.2) is 5.69 Å². The van der Waals surface area contributed by atoms with E-state index in [1.54, 1.807) is 0 Å². The number of rotatable bonds is 5. The minimum atomic E-state index is -4.26. The molecule has 2 rings (SSSR count). The van der Waals surface area contributed by atoms with E-state index in [9.17, 15) is 17.6 Å². The van der Waals surface area contributed by atoms with Crippen LogP contribution >= 0.6 is 23.2 Å². The number of carboxylic acids is 1. The van der Waals surface area contributed by atoms with Crippen LogP contribution in [0.4, 0.5) is 4.39 Å². The van der Waals surface area contributed by atoms with E-state index in [1.807, 2.05) is 0 Å². The number of nitrogens with zero attached hydrogens (tertiary/aromatic N) is 2. The Hall–Kier alpha value is -1.68. The molecule has 0 amide bonds. The molecule has 2 aromatic rings. The third kappa shape index (κ3) is 3.39. The molecule has 0 aliphatic rings. The fourth-order valence-electron chi connectivity index (χ4n) is 2.15. The number of aryl methyl sites for hydroxylation is 1. The maximum absolute atomic E-state index is 13.6. The summed E-state index contributed by atoms with van der Waals surface area (Å²) >= 11 is 11.8. The number of hydrogen-bond donors (Lipinski definition) is 2. The first-order valence-corrected chi connectivity index (χ1v) is 8.71. The van der Waals surface area contributed by atoms with E-state index in [0.29, 0.717) is 0 Å². The normalized spacial score (nSPS) is 13.0. The first-order chi connectivity index (χ1) is 11.1. The molecule has 1 heterocycles. The van der Waals surface area contributed by atoms with Crippen LogP contribution in [0.15, 0.2) is 23.2 Å². The summed E-state index contributed by atoms with van der Waals surface area (Å²) in [4.78, 5) is 10.7. The Labute approximate surface area is 147 Å². The van der Waals surface area contributed by atoms with Gasteiger partial charge in [0.2, 0.25) is 10.0 Å². The zero-order valence-corrected chi connectivity index (χ0v) is 14.7. The van der Waals surface area contributed by atoms with E-state index >= 15 is 0 Å². The van der Waals surface area contributed by atoms with E-state index in [0.717, 1.165) is 16.9 Å². The second kappa shape index (κ2) is 6.67. The number of carboxylic acid groups (broad SMARTS) is 1. The van der Waals surface area contributed by atoms with Crippen LogP contribution < -0.4 is 4.72 Å². The Kier molecular flexibility index (Phi) is 5.19. The smallest absolute Gasteiger partial charge is 0.355 e. The van der Waals surface area contributed by atoms with E-state index in [1.165, 1.54) is 20.0 Å². The molecule has 0 aliphatic heterocycles. The van der Waals surface area contributed by atoms with Crippen LogP contribution in [0.25, 0.3) is 0 Å². The maximum Gasteiger partial charge on any atom is 0.355 e. The summed E-state index contributed by atoms with van der Waals surface area (Å²) in [5.74, 6) is -2.21. The summed E-state index contributed by atoms with van der Waals surface area (Å²) in [6.07, 6.45) is 0.910. The van der Waals surface area contributed by atoms with Gasteiger partial charge in [-0.1, -0.05) is 23.2 Å². The molecule has 2 N–H and O–H groups in total. The van der Waals surface area contributed by atoms with Crippen LogP contribution in [-0.2, 0) is 17.1 Å². The Morgan fingerprint density at radius 3 is 2.62 bits per heavy atom. The van der Waals surface area contributed by atoms with Crippen LogP contribution in [0.3, 0.4) is 0 Å². The summed E-state index contributed by atoms with van der Waals surface area (Å²) < 4.78 is 41.6. The topological polar surface area (TPSA) is 101 Å². The molecule has 1 atom stereocenters. The van der Waals surface area contributed by atoms with Gasteiger partial charge in [-0.25, -0.2) is 22.3 Å². The van der Waals surface area contributed by atoms with Crippen molar-refractivity contribution in [3.8, 4) is 0 Å². The molecule has 1 aromatic carbocycles. The molecule has 24 heavy (non-hydrogen) atoms. The highest BCUT2D eigenvalue weighted by atomic mass is 35.5. The Bertz CT molecular complexity index is 914. The van der Waals surface area contributed by atoms with Crippen LogP contribution in [0, 0.1) is 5.82 Å². The summed E-state index contributed by atoms with van der Waals surface area (Å²) in [6.45, 7) is 1.40. The van der Waals surface area contributed by atoms with E-state index in [2.05, 4.69) is 9.82 Å². The molecule has 1 aromatic heterocycles. The van der Waals surface area contributed by atoms with Crippen molar-refractivity contribution < 1.29 is 22.7 Å². The highest BCUT2D eigenvalue weighted by Crippen LogP contribution is 2.33. The van der Waals surface area contributed by atoms with Crippen molar-refractivity contribution in [3.05, 3.63) is 45.4 Å². The highest BCUT2D eigenvalue weighted by Gasteiger charge is 2.29. The quantitative estimate of drug-likeness (QED) is 0.757. The molecule has 1 unspecified atom stereocenters. The van der Waals surface area contributed by atoms with Crippen molar-refractivity contribution >= 4 is 39.2 Å². The number of benzene rings is 1. The van der Waals surface area contributed by atoms with Crippen molar-refractivity contribution in [2.75, 3.05) is 0 Å². The Morgan fingerprint density at radius 2 is 2.04 bits per heavy atom. The molecule has 130 valence electrons. The number of carbonyl (C=O) groups is 1. The largest absolute Gasteiger partial charge is 0.476 e. The average molecular weight is 396 g/mol. The van der Waals surface area contributed by atoms with Gasteiger partial charge in [0.05, 0.1) is 11.2 Å². The molecule has 0 radical (unpaired) electrons. The summed E-state index contributed by atoms with van der Waals surface area (Å²) in [7, 11) is -2.96. The van der Waals surface area contributed by atoms with E-state index in [4.69, 9.17) is 28.3 Å². The standard InChI is InChI=1S/C13H12Cl2FN3O4S/c1-6(10-7(14)3-4-8(16)11(10)15)18-24(22,23)9-5-17-19(2)12(9)13(20)21/h3-6,18H,1-2H3,(H,20,21). The molecule has 0 fully saturated rings. The molecule has 0 bridgehead atoms. The molecule has 0 aliphatic carbocycles. The van der Waals surface area contributed by atoms with Gasteiger partial charge in [-0.2, -0.15) is 5.10 Å². The third-order valence-corrected chi connectivity index (χ3v) is 5.50. The lowest BCUT2D eigenvalue weighted by molar-refractivity contribution is 0.0680. The zero-order chi connectivity index (χ0) is 18.2. The average Bonchev–Trinajstić information content (AvgIpc) is 2.85. The van der Waals surface area contributed by atoms with Crippen molar-refractivity contribution in [3.63, 3.8) is 0 Å². The first kappa shape index (κ1) is 18.7. The number of aromatic carboxylic acids is 1. The number of halogens is 3. The summed E-state index contributed by atoms with van der Waals surface area (Å²) in [5.41, 5.74) is -0.464.